The zero-order chi connectivity index (χ0) is 19.9. The van der Waals surface area contributed by atoms with Crippen LogP contribution in [0.5, 0.6) is 0 Å². The fourth-order valence-electron chi connectivity index (χ4n) is 3.39. The summed E-state index contributed by atoms with van der Waals surface area (Å²) in [5, 5.41) is 0.747. The van der Waals surface area contributed by atoms with Gasteiger partial charge in [0.05, 0.1) is 17.3 Å². The van der Waals surface area contributed by atoms with Crippen molar-refractivity contribution in [2.24, 2.45) is 23.9 Å². The topological polar surface area (TPSA) is 43.1 Å². The summed E-state index contributed by atoms with van der Waals surface area (Å²) < 4.78 is 42.4. The second-order valence-corrected chi connectivity index (χ2v) is 7.69. The Labute approximate surface area is 163 Å². The number of halogens is 4. The van der Waals surface area contributed by atoms with E-state index in [0.717, 1.165) is 21.3 Å². The number of aromatic nitrogens is 3. The van der Waals surface area contributed by atoms with E-state index in [-0.39, 0.29) is 0 Å². The molecule has 0 N–H and O–H groups in total. The number of allylic oxidation sites excluding steroid dienone is 3. The van der Waals surface area contributed by atoms with Crippen molar-refractivity contribution in [2.45, 2.75) is 33.0 Å². The van der Waals surface area contributed by atoms with Gasteiger partial charge in [0.2, 0.25) is 0 Å². The normalized spacial score (nSPS) is 22.2. The van der Waals surface area contributed by atoms with Gasteiger partial charge in [-0.2, -0.15) is 13.2 Å². The first-order valence-corrected chi connectivity index (χ1v) is 9.36. The third-order valence-electron chi connectivity index (χ3n) is 4.99. The molecule has 0 aliphatic heterocycles. The smallest absolute Gasteiger partial charge is 0.317 e. The number of rotatable bonds is 2. The van der Waals surface area contributed by atoms with Gasteiger partial charge in [-0.1, -0.05) is 25.2 Å². The number of alkyl halides is 3. The third-order valence-corrected chi connectivity index (χ3v) is 5.43. The minimum atomic E-state index is -4.27. The summed E-state index contributed by atoms with van der Waals surface area (Å²) in [6.07, 6.45) is 1.83. The van der Waals surface area contributed by atoms with Crippen LogP contribution in [-0.2, 0) is 7.05 Å². The second-order valence-electron chi connectivity index (χ2n) is 6.78. The molecule has 8 heteroatoms. The Bertz CT molecular complexity index is 1000. The quantitative estimate of drug-likeness (QED) is 0.682. The highest BCUT2D eigenvalue weighted by atomic mass is 79.9. The van der Waals surface area contributed by atoms with E-state index >= 15 is 0 Å². The van der Waals surface area contributed by atoms with Crippen molar-refractivity contribution in [1.29, 1.82) is 0 Å². The molecular weight excluding hydrogens is 421 g/mol. The van der Waals surface area contributed by atoms with Crippen molar-refractivity contribution < 1.29 is 13.2 Å². The van der Waals surface area contributed by atoms with E-state index in [1.165, 1.54) is 12.2 Å². The first kappa shape index (κ1) is 19.8. The molecule has 0 saturated carbocycles. The van der Waals surface area contributed by atoms with E-state index in [9.17, 15) is 13.2 Å². The lowest BCUT2D eigenvalue weighted by atomic mass is 9.80. The molecule has 3 atom stereocenters. The zero-order valence-electron chi connectivity index (χ0n) is 15.4. The Morgan fingerprint density at radius 2 is 2.04 bits per heavy atom. The lowest BCUT2D eigenvalue weighted by Crippen LogP contribution is -2.32. The van der Waals surface area contributed by atoms with Gasteiger partial charge in [-0.15, -0.1) is 0 Å². The molecule has 2 aromatic rings. The molecule has 2 unspecified atom stereocenters. The van der Waals surface area contributed by atoms with Crippen LogP contribution in [0.3, 0.4) is 0 Å². The predicted molar refractivity (Wildman–Crippen MR) is 102 cm³/mol. The highest BCUT2D eigenvalue weighted by Crippen LogP contribution is 2.39. The van der Waals surface area contributed by atoms with E-state index in [4.69, 9.17) is 0 Å². The van der Waals surface area contributed by atoms with Crippen LogP contribution < -0.4 is 5.49 Å². The number of hydrogen-bond donors (Lipinski definition) is 0. The number of aryl methyl sites for hydroxylation is 2. The van der Waals surface area contributed by atoms with E-state index in [2.05, 4.69) is 30.9 Å². The van der Waals surface area contributed by atoms with Crippen LogP contribution in [-0.4, -0.2) is 26.8 Å². The molecule has 0 spiro atoms. The van der Waals surface area contributed by atoms with Gasteiger partial charge in [-0.05, 0) is 47.3 Å². The Morgan fingerprint density at radius 1 is 1.33 bits per heavy atom. The largest absolute Gasteiger partial charge is 0.395 e. The minimum Gasteiger partial charge on any atom is -0.317 e. The van der Waals surface area contributed by atoms with Gasteiger partial charge >= 0.3 is 6.18 Å². The molecule has 3 rings (SSSR count). The highest BCUT2D eigenvalue weighted by Gasteiger charge is 2.43. The summed E-state index contributed by atoms with van der Waals surface area (Å²) in [7, 11) is 1.86. The van der Waals surface area contributed by atoms with E-state index < -0.39 is 24.1 Å². The van der Waals surface area contributed by atoms with Crippen molar-refractivity contribution in [3.63, 3.8) is 0 Å². The van der Waals surface area contributed by atoms with Gasteiger partial charge in [0.15, 0.2) is 5.49 Å². The third kappa shape index (κ3) is 3.85. The number of hydrogen-bond acceptors (Lipinski definition) is 3. The van der Waals surface area contributed by atoms with Gasteiger partial charge in [0.25, 0.3) is 0 Å². The maximum Gasteiger partial charge on any atom is 0.395 e. The van der Waals surface area contributed by atoms with E-state index in [1.54, 1.807) is 26.1 Å². The van der Waals surface area contributed by atoms with Crippen LogP contribution in [0.15, 0.2) is 45.5 Å². The fourth-order valence-corrected chi connectivity index (χ4v) is 3.72. The molecule has 2 heterocycles. The Hall–Kier alpha value is -1.96. The Balaban J connectivity index is 2.10. The van der Waals surface area contributed by atoms with Gasteiger partial charge in [-0.25, -0.2) is 9.97 Å². The fraction of sp³-hybridized carbons (Fsp3) is 0.421. The summed E-state index contributed by atoms with van der Waals surface area (Å²) in [4.78, 5) is 13.6. The van der Waals surface area contributed by atoms with Crippen LogP contribution in [0.2, 0.25) is 0 Å². The first-order valence-electron chi connectivity index (χ1n) is 8.57. The van der Waals surface area contributed by atoms with E-state index in [0.29, 0.717) is 11.1 Å². The minimum absolute atomic E-state index is 0.434. The first-order chi connectivity index (χ1) is 12.6. The molecule has 0 saturated heterocycles. The van der Waals surface area contributed by atoms with Crippen LogP contribution in [0.25, 0.3) is 11.0 Å². The molecule has 0 aromatic carbocycles. The van der Waals surface area contributed by atoms with Crippen molar-refractivity contribution in [3.05, 3.63) is 51.8 Å². The second kappa shape index (κ2) is 7.22. The molecular formula is C19H20BrF3N4. The van der Waals surface area contributed by atoms with Crippen LogP contribution in [0, 0.1) is 18.8 Å². The van der Waals surface area contributed by atoms with Crippen molar-refractivity contribution in [1.82, 2.24) is 14.5 Å². The SMILES string of the molecule is Cc1n/c(=N\[C@H](C)C2=CC=CC(C(F)(F)F)C2C)c2cc(Br)cnc2n1C. The molecule has 4 nitrogen and oxygen atoms in total. The molecule has 0 fully saturated rings. The summed E-state index contributed by atoms with van der Waals surface area (Å²) in [6.45, 7) is 5.24. The predicted octanol–water partition coefficient (Wildman–Crippen LogP) is 4.64. The number of nitrogens with zero attached hydrogens (tertiary/aromatic N) is 4. The summed E-state index contributed by atoms with van der Waals surface area (Å²) in [5.41, 5.74) is 1.84. The molecule has 144 valence electrons. The van der Waals surface area contributed by atoms with Crippen LogP contribution in [0.1, 0.15) is 19.7 Å². The molecule has 27 heavy (non-hydrogen) atoms. The molecule has 0 bridgehead atoms. The molecule has 1 aliphatic carbocycles. The lowest BCUT2D eigenvalue weighted by molar-refractivity contribution is -0.170. The Kier molecular flexibility index (Phi) is 5.29. The maximum atomic E-state index is 13.3. The average molecular weight is 441 g/mol. The van der Waals surface area contributed by atoms with Crippen molar-refractivity contribution in [3.8, 4) is 0 Å². The number of fused-ring (bicyclic) bond motifs is 1. The molecule has 1 aliphatic rings. The van der Waals surface area contributed by atoms with Gasteiger partial charge in [0, 0.05) is 17.7 Å². The van der Waals surface area contributed by atoms with E-state index in [1.807, 2.05) is 24.6 Å². The highest BCUT2D eigenvalue weighted by molar-refractivity contribution is 9.10. The maximum absolute atomic E-state index is 13.3. The monoisotopic (exact) mass is 440 g/mol. The lowest BCUT2D eigenvalue weighted by Gasteiger charge is -2.30. The van der Waals surface area contributed by atoms with Gasteiger partial charge < -0.3 is 4.57 Å². The van der Waals surface area contributed by atoms with Crippen LogP contribution in [0.4, 0.5) is 13.2 Å². The standard InChI is InChI=1S/C19H20BrF3N4/c1-10-14(6-5-7-16(10)19(21,22)23)11(2)25-17-15-8-13(20)9-24-18(15)27(4)12(3)26-17/h5-11,16H,1-4H3/b25-17-/t10?,11-,16?/m1/s1. The zero-order valence-corrected chi connectivity index (χ0v) is 17.0. The number of pyridine rings is 1. The van der Waals surface area contributed by atoms with Crippen LogP contribution >= 0.6 is 15.9 Å². The van der Waals surface area contributed by atoms with Crippen molar-refractivity contribution >= 4 is 27.0 Å². The molecule has 2 aromatic heterocycles. The summed E-state index contributed by atoms with van der Waals surface area (Å²) in [6, 6.07) is 1.44. The average Bonchev–Trinajstić information content (AvgIpc) is 2.58. The van der Waals surface area contributed by atoms with Gasteiger partial charge in [0.1, 0.15) is 11.5 Å². The molecule has 0 radical (unpaired) electrons. The Morgan fingerprint density at radius 3 is 2.70 bits per heavy atom. The van der Waals surface area contributed by atoms with Crippen molar-refractivity contribution in [2.75, 3.05) is 0 Å². The molecule has 0 amide bonds. The van der Waals surface area contributed by atoms with Gasteiger partial charge in [-0.3, -0.25) is 4.99 Å². The summed E-state index contributed by atoms with van der Waals surface area (Å²) >= 11 is 3.41. The summed E-state index contributed by atoms with van der Waals surface area (Å²) in [5.74, 6) is -1.45.